The monoisotopic (exact) mass is 284 g/mol. The highest BCUT2D eigenvalue weighted by atomic mass is 19.1. The van der Waals surface area contributed by atoms with Crippen LogP contribution in [0.25, 0.3) is 11.0 Å². The first-order valence-electron chi connectivity index (χ1n) is 7.04. The number of nitrogens with one attached hydrogen (secondary N) is 1. The molecule has 3 nitrogen and oxygen atoms in total. The van der Waals surface area contributed by atoms with Crippen LogP contribution in [0.15, 0.2) is 46.9 Å². The predicted molar refractivity (Wildman–Crippen MR) is 80.7 cm³/mol. The van der Waals surface area contributed by atoms with Crippen molar-refractivity contribution in [1.29, 1.82) is 0 Å². The van der Waals surface area contributed by atoms with Crippen LogP contribution in [-0.4, -0.2) is 11.5 Å². The van der Waals surface area contributed by atoms with Crippen LogP contribution in [0.2, 0.25) is 0 Å². The zero-order chi connectivity index (χ0) is 14.8. The molecule has 1 N–H and O–H groups in total. The van der Waals surface area contributed by atoms with Gasteiger partial charge in [-0.1, -0.05) is 25.1 Å². The second-order valence-corrected chi connectivity index (χ2v) is 5.00. The molecule has 1 unspecified atom stereocenters. The van der Waals surface area contributed by atoms with Crippen molar-refractivity contribution in [2.75, 3.05) is 6.54 Å². The highest BCUT2D eigenvalue weighted by Crippen LogP contribution is 2.29. The lowest BCUT2D eigenvalue weighted by atomic mass is 10.1. The van der Waals surface area contributed by atoms with Crippen molar-refractivity contribution in [2.45, 2.75) is 19.9 Å². The number of aryl methyl sites for hydroxylation is 1. The molecule has 3 aromatic rings. The number of pyridine rings is 1. The minimum atomic E-state index is -0.341. The number of halogens is 1. The lowest BCUT2D eigenvalue weighted by Gasteiger charge is -2.15. The minimum absolute atomic E-state index is 0.179. The van der Waals surface area contributed by atoms with Gasteiger partial charge in [0.25, 0.3) is 0 Å². The van der Waals surface area contributed by atoms with Crippen molar-refractivity contribution < 1.29 is 8.81 Å². The van der Waals surface area contributed by atoms with Crippen LogP contribution in [0, 0.1) is 12.7 Å². The Morgan fingerprint density at radius 1 is 1.24 bits per heavy atom. The van der Waals surface area contributed by atoms with Crippen molar-refractivity contribution in [1.82, 2.24) is 10.3 Å². The Labute approximate surface area is 122 Å². The first kappa shape index (κ1) is 13.8. The summed E-state index contributed by atoms with van der Waals surface area (Å²) in [5, 5.41) is 4.11. The van der Waals surface area contributed by atoms with Crippen molar-refractivity contribution in [3.05, 3.63) is 65.4 Å². The molecule has 0 radical (unpaired) electrons. The van der Waals surface area contributed by atoms with E-state index in [2.05, 4.69) is 10.3 Å². The topological polar surface area (TPSA) is 38.1 Å². The standard InChI is InChI=1S/C17H17FN2O/c1-3-19-16(14-9-4-6-11(2)20-14)15-10-12-7-5-8-13(18)17(12)21-15/h4-10,16,19H,3H2,1-2H3. The fourth-order valence-electron chi connectivity index (χ4n) is 2.47. The smallest absolute Gasteiger partial charge is 0.169 e. The molecule has 0 aliphatic carbocycles. The summed E-state index contributed by atoms with van der Waals surface area (Å²) in [6.07, 6.45) is 0. The third-order valence-corrected chi connectivity index (χ3v) is 3.41. The summed E-state index contributed by atoms with van der Waals surface area (Å²) in [7, 11) is 0. The Hall–Kier alpha value is -2.20. The number of rotatable bonds is 4. The number of nitrogens with zero attached hydrogens (tertiary/aromatic N) is 1. The first-order chi connectivity index (χ1) is 10.2. The molecule has 0 fully saturated rings. The summed E-state index contributed by atoms with van der Waals surface area (Å²) in [4.78, 5) is 4.54. The molecule has 0 saturated heterocycles. The molecule has 4 heteroatoms. The summed E-state index contributed by atoms with van der Waals surface area (Å²) >= 11 is 0. The van der Waals surface area contributed by atoms with E-state index in [0.29, 0.717) is 11.3 Å². The molecule has 0 bridgehead atoms. The van der Waals surface area contributed by atoms with Crippen molar-refractivity contribution in [3.63, 3.8) is 0 Å². The van der Waals surface area contributed by atoms with Gasteiger partial charge in [-0.15, -0.1) is 0 Å². The Kier molecular flexibility index (Phi) is 3.71. The van der Waals surface area contributed by atoms with Crippen LogP contribution >= 0.6 is 0 Å². The molecular weight excluding hydrogens is 267 g/mol. The van der Waals surface area contributed by atoms with Crippen LogP contribution in [-0.2, 0) is 0 Å². The van der Waals surface area contributed by atoms with Gasteiger partial charge in [0.15, 0.2) is 11.4 Å². The quantitative estimate of drug-likeness (QED) is 0.787. The highest BCUT2D eigenvalue weighted by molar-refractivity contribution is 5.78. The van der Waals surface area contributed by atoms with Gasteiger partial charge >= 0.3 is 0 Å². The zero-order valence-corrected chi connectivity index (χ0v) is 12.1. The molecule has 1 aromatic carbocycles. The zero-order valence-electron chi connectivity index (χ0n) is 12.1. The van der Waals surface area contributed by atoms with Gasteiger partial charge in [-0.2, -0.15) is 0 Å². The van der Waals surface area contributed by atoms with Crippen LogP contribution in [0.3, 0.4) is 0 Å². The van der Waals surface area contributed by atoms with Gasteiger partial charge in [-0.25, -0.2) is 4.39 Å². The van der Waals surface area contributed by atoms with E-state index in [9.17, 15) is 4.39 Å². The number of hydrogen-bond acceptors (Lipinski definition) is 3. The molecule has 0 saturated carbocycles. The number of benzene rings is 1. The van der Waals surface area contributed by atoms with Crippen molar-refractivity contribution in [2.24, 2.45) is 0 Å². The summed E-state index contributed by atoms with van der Waals surface area (Å²) in [5.74, 6) is 0.334. The fraction of sp³-hybridized carbons (Fsp3) is 0.235. The van der Waals surface area contributed by atoms with E-state index in [1.165, 1.54) is 6.07 Å². The Bertz CT molecular complexity index is 766. The third-order valence-electron chi connectivity index (χ3n) is 3.41. The predicted octanol–water partition coefficient (Wildman–Crippen LogP) is 3.97. The van der Waals surface area contributed by atoms with Gasteiger partial charge in [0.2, 0.25) is 0 Å². The molecule has 0 amide bonds. The molecule has 21 heavy (non-hydrogen) atoms. The molecule has 108 valence electrons. The Morgan fingerprint density at radius 2 is 2.05 bits per heavy atom. The summed E-state index contributed by atoms with van der Waals surface area (Å²) < 4.78 is 19.5. The van der Waals surface area contributed by atoms with Gasteiger partial charge in [0.1, 0.15) is 11.8 Å². The SMILES string of the molecule is CCNC(c1cccc(C)n1)c1cc2cccc(F)c2o1. The van der Waals surface area contributed by atoms with E-state index in [1.54, 1.807) is 6.07 Å². The lowest BCUT2D eigenvalue weighted by Crippen LogP contribution is -2.22. The molecule has 1 atom stereocenters. The average Bonchev–Trinajstić information content (AvgIpc) is 2.90. The summed E-state index contributed by atoms with van der Waals surface area (Å²) in [5.41, 5.74) is 2.11. The molecule has 2 heterocycles. The summed E-state index contributed by atoms with van der Waals surface area (Å²) in [6, 6.07) is 12.5. The van der Waals surface area contributed by atoms with Crippen LogP contribution in [0.4, 0.5) is 4.39 Å². The van der Waals surface area contributed by atoms with Gasteiger partial charge in [0, 0.05) is 11.1 Å². The molecule has 0 spiro atoms. The van der Waals surface area contributed by atoms with E-state index in [1.807, 2.05) is 44.2 Å². The van der Waals surface area contributed by atoms with Gasteiger partial charge < -0.3 is 9.73 Å². The number of hydrogen-bond donors (Lipinski definition) is 1. The second-order valence-electron chi connectivity index (χ2n) is 5.00. The van der Waals surface area contributed by atoms with E-state index < -0.39 is 0 Å². The molecule has 3 rings (SSSR count). The number of para-hydroxylation sites is 1. The normalized spacial score (nSPS) is 12.7. The van der Waals surface area contributed by atoms with E-state index >= 15 is 0 Å². The largest absolute Gasteiger partial charge is 0.456 e. The summed E-state index contributed by atoms with van der Waals surface area (Å²) in [6.45, 7) is 4.73. The molecule has 0 aliphatic heterocycles. The molecular formula is C17H17FN2O. The third kappa shape index (κ3) is 2.67. The van der Waals surface area contributed by atoms with E-state index in [0.717, 1.165) is 23.3 Å². The van der Waals surface area contributed by atoms with E-state index in [-0.39, 0.29) is 11.9 Å². The molecule has 2 aromatic heterocycles. The van der Waals surface area contributed by atoms with Crippen molar-refractivity contribution in [3.8, 4) is 0 Å². The minimum Gasteiger partial charge on any atom is -0.456 e. The fourth-order valence-corrected chi connectivity index (χ4v) is 2.47. The Morgan fingerprint density at radius 3 is 2.76 bits per heavy atom. The Balaban J connectivity index is 2.09. The second kappa shape index (κ2) is 5.66. The van der Waals surface area contributed by atoms with Crippen LogP contribution in [0.1, 0.15) is 30.1 Å². The van der Waals surface area contributed by atoms with Crippen LogP contribution in [0.5, 0.6) is 0 Å². The van der Waals surface area contributed by atoms with E-state index in [4.69, 9.17) is 4.42 Å². The number of fused-ring (bicyclic) bond motifs is 1. The maximum Gasteiger partial charge on any atom is 0.169 e. The van der Waals surface area contributed by atoms with Crippen molar-refractivity contribution >= 4 is 11.0 Å². The maximum absolute atomic E-state index is 13.8. The average molecular weight is 284 g/mol. The first-order valence-corrected chi connectivity index (χ1v) is 7.04. The maximum atomic E-state index is 13.8. The van der Waals surface area contributed by atoms with Gasteiger partial charge in [-0.05, 0) is 37.7 Å². The van der Waals surface area contributed by atoms with Crippen LogP contribution < -0.4 is 5.32 Å². The highest BCUT2D eigenvalue weighted by Gasteiger charge is 2.20. The van der Waals surface area contributed by atoms with Gasteiger partial charge in [-0.3, -0.25) is 4.98 Å². The lowest BCUT2D eigenvalue weighted by molar-refractivity contribution is 0.459. The van der Waals surface area contributed by atoms with Gasteiger partial charge in [0.05, 0.1) is 5.69 Å². The number of aromatic nitrogens is 1. The molecule has 0 aliphatic rings. The number of furan rings is 1.